The number of aliphatic imine (C=N–C) groups is 1. The molecule has 0 saturated carbocycles. The smallest absolute Gasteiger partial charge is 0.283 e. The van der Waals surface area contributed by atoms with Gasteiger partial charge in [-0.1, -0.05) is 6.07 Å². The lowest BCUT2D eigenvalue weighted by Gasteiger charge is -2.36. The van der Waals surface area contributed by atoms with Crippen molar-refractivity contribution in [1.82, 2.24) is 4.98 Å². The number of ether oxygens (including phenoxy) is 3. The van der Waals surface area contributed by atoms with E-state index in [4.69, 9.17) is 19.9 Å². The maximum absolute atomic E-state index is 15.4. The Kier molecular flexibility index (Phi) is 4.48. The number of benzene rings is 2. The number of hydrogen-bond acceptors (Lipinski definition) is 7. The van der Waals surface area contributed by atoms with Crippen LogP contribution in [0.25, 0.3) is 11.1 Å². The van der Waals surface area contributed by atoms with Gasteiger partial charge in [-0.15, -0.1) is 0 Å². The highest BCUT2D eigenvalue weighted by molar-refractivity contribution is 5.78. The maximum Gasteiger partial charge on any atom is 0.283 e. The Labute approximate surface area is 188 Å². The fourth-order valence-electron chi connectivity index (χ4n) is 4.67. The van der Waals surface area contributed by atoms with E-state index in [1.54, 1.807) is 30.3 Å². The van der Waals surface area contributed by atoms with Gasteiger partial charge in [0.15, 0.2) is 17.1 Å². The first-order valence-corrected chi connectivity index (χ1v) is 10.6. The summed E-state index contributed by atoms with van der Waals surface area (Å²) in [6.07, 6.45) is 1.39. The highest BCUT2D eigenvalue weighted by Crippen LogP contribution is 2.53. The van der Waals surface area contributed by atoms with Crippen LogP contribution < -0.4 is 15.4 Å². The first-order chi connectivity index (χ1) is 16.0. The summed E-state index contributed by atoms with van der Waals surface area (Å²) >= 11 is 0. The molecule has 6 rings (SSSR count). The zero-order valence-electron chi connectivity index (χ0n) is 17.6. The first-order valence-electron chi connectivity index (χ1n) is 10.6. The minimum atomic E-state index is -1.12. The molecule has 0 radical (unpaired) electrons. The van der Waals surface area contributed by atoms with Crippen LogP contribution in [0.5, 0.6) is 11.5 Å². The van der Waals surface area contributed by atoms with Crippen molar-refractivity contribution in [3.8, 4) is 22.6 Å². The van der Waals surface area contributed by atoms with Crippen molar-refractivity contribution in [2.45, 2.75) is 5.54 Å². The second-order valence-electron chi connectivity index (χ2n) is 8.16. The minimum Gasteiger partial charge on any atom is -0.462 e. The molecule has 2 N–H and O–H groups in total. The molecule has 0 unspecified atom stereocenters. The Morgan fingerprint density at radius 1 is 1.03 bits per heavy atom. The quantitative estimate of drug-likeness (QED) is 0.602. The third kappa shape index (κ3) is 3.11. The molecule has 9 heteroatoms. The third-order valence-corrected chi connectivity index (χ3v) is 6.29. The lowest BCUT2D eigenvalue weighted by molar-refractivity contribution is 0.122. The zero-order chi connectivity index (χ0) is 22.6. The lowest BCUT2D eigenvalue weighted by Crippen LogP contribution is -2.37. The first kappa shape index (κ1) is 19.9. The van der Waals surface area contributed by atoms with Gasteiger partial charge >= 0.3 is 0 Å². The second kappa shape index (κ2) is 7.41. The summed E-state index contributed by atoms with van der Waals surface area (Å²) in [5.74, 6) is -0.588. The predicted octanol–water partition coefficient (Wildman–Crippen LogP) is 3.56. The van der Waals surface area contributed by atoms with E-state index in [0.717, 1.165) is 0 Å². The van der Waals surface area contributed by atoms with Gasteiger partial charge in [0.2, 0.25) is 5.95 Å². The lowest BCUT2D eigenvalue weighted by atomic mass is 9.80. The normalized spacial score (nSPS) is 21.2. The van der Waals surface area contributed by atoms with Crippen molar-refractivity contribution in [2.24, 2.45) is 10.7 Å². The van der Waals surface area contributed by atoms with E-state index in [-0.39, 0.29) is 18.4 Å². The largest absolute Gasteiger partial charge is 0.462 e. The monoisotopic (exact) mass is 450 g/mol. The average molecular weight is 450 g/mol. The van der Waals surface area contributed by atoms with Crippen LogP contribution in [-0.2, 0) is 15.0 Å². The predicted molar refractivity (Wildman–Crippen MR) is 117 cm³/mol. The molecule has 33 heavy (non-hydrogen) atoms. The van der Waals surface area contributed by atoms with Crippen molar-refractivity contribution in [2.75, 3.05) is 37.8 Å². The van der Waals surface area contributed by atoms with Crippen molar-refractivity contribution in [3.05, 3.63) is 71.6 Å². The summed E-state index contributed by atoms with van der Waals surface area (Å²) in [6.45, 7) is 2.51. The molecule has 3 aliphatic heterocycles. The van der Waals surface area contributed by atoms with Crippen LogP contribution >= 0.6 is 0 Å². The molecule has 0 amide bonds. The topological polar surface area (TPSA) is 82.2 Å². The average Bonchev–Trinajstić information content (AvgIpc) is 3.23. The SMILES string of the molecule is NC1=N[C@@]2(CO1)c1cc(-c3cccnc3F)ccc1Oc1c(F)cc(N3CCOCC3)cc12. The number of nitrogens with zero attached hydrogens (tertiary/aromatic N) is 3. The van der Waals surface area contributed by atoms with Crippen LogP contribution in [0, 0.1) is 11.8 Å². The van der Waals surface area contributed by atoms with Gasteiger partial charge in [0.25, 0.3) is 6.02 Å². The van der Waals surface area contributed by atoms with Crippen molar-refractivity contribution >= 4 is 11.7 Å². The Hall–Kier alpha value is -3.72. The van der Waals surface area contributed by atoms with Gasteiger partial charge in [0.1, 0.15) is 12.4 Å². The van der Waals surface area contributed by atoms with Crippen molar-refractivity contribution in [1.29, 1.82) is 0 Å². The van der Waals surface area contributed by atoms with E-state index in [1.807, 2.05) is 6.07 Å². The van der Waals surface area contributed by atoms with Gasteiger partial charge in [-0.05, 0) is 35.9 Å². The molecule has 2 aromatic carbocycles. The molecule has 0 bridgehead atoms. The number of halogens is 2. The van der Waals surface area contributed by atoms with Crippen LogP contribution in [-0.4, -0.2) is 43.9 Å². The summed E-state index contributed by atoms with van der Waals surface area (Å²) in [5, 5.41) is 0. The van der Waals surface area contributed by atoms with Gasteiger partial charge in [-0.25, -0.2) is 14.4 Å². The molecule has 1 fully saturated rings. The minimum absolute atomic E-state index is 0.00365. The molecular weight excluding hydrogens is 430 g/mol. The fourth-order valence-corrected chi connectivity index (χ4v) is 4.67. The molecular formula is C24H20F2N4O3. The van der Waals surface area contributed by atoms with Gasteiger partial charge in [0, 0.05) is 47.7 Å². The molecule has 4 heterocycles. The van der Waals surface area contributed by atoms with Gasteiger partial charge in [-0.3, -0.25) is 0 Å². The van der Waals surface area contributed by atoms with Gasteiger partial charge < -0.3 is 24.8 Å². The molecule has 1 aromatic heterocycles. The van der Waals surface area contributed by atoms with E-state index in [9.17, 15) is 4.39 Å². The van der Waals surface area contributed by atoms with E-state index in [1.165, 1.54) is 12.3 Å². The van der Waals surface area contributed by atoms with Crippen molar-refractivity contribution in [3.63, 3.8) is 0 Å². The summed E-state index contributed by atoms with van der Waals surface area (Å²) < 4.78 is 46.8. The van der Waals surface area contributed by atoms with Gasteiger partial charge in [0.05, 0.1) is 13.2 Å². The zero-order valence-corrected chi connectivity index (χ0v) is 17.6. The molecule has 0 aliphatic carbocycles. The molecule has 1 saturated heterocycles. The molecule has 3 aliphatic rings. The van der Waals surface area contributed by atoms with Crippen LogP contribution in [0.3, 0.4) is 0 Å². The number of fused-ring (bicyclic) bond motifs is 4. The van der Waals surface area contributed by atoms with Crippen molar-refractivity contribution < 1.29 is 23.0 Å². The molecule has 3 aromatic rings. The molecule has 1 spiro atoms. The number of morpholine rings is 1. The number of aromatic nitrogens is 1. The molecule has 168 valence electrons. The Balaban J connectivity index is 1.54. The number of nitrogens with two attached hydrogens (primary N) is 1. The van der Waals surface area contributed by atoms with Gasteiger partial charge in [-0.2, -0.15) is 4.39 Å². The summed E-state index contributed by atoms with van der Waals surface area (Å²) in [5.41, 5.74) is 7.59. The van der Waals surface area contributed by atoms with E-state index in [0.29, 0.717) is 60.0 Å². The van der Waals surface area contributed by atoms with Crippen LogP contribution in [0.1, 0.15) is 11.1 Å². The summed E-state index contributed by atoms with van der Waals surface area (Å²) in [4.78, 5) is 10.4. The number of hydrogen-bond donors (Lipinski definition) is 1. The van der Waals surface area contributed by atoms with E-state index < -0.39 is 17.3 Å². The Morgan fingerprint density at radius 3 is 2.64 bits per heavy atom. The third-order valence-electron chi connectivity index (χ3n) is 6.29. The number of pyridine rings is 1. The maximum atomic E-state index is 15.4. The van der Waals surface area contributed by atoms with Crippen LogP contribution in [0.15, 0.2) is 53.7 Å². The molecule has 7 nitrogen and oxygen atoms in total. The second-order valence-corrected chi connectivity index (χ2v) is 8.16. The number of rotatable bonds is 2. The molecule has 1 atom stereocenters. The summed E-state index contributed by atoms with van der Waals surface area (Å²) in [6, 6.07) is 11.8. The van der Waals surface area contributed by atoms with E-state index in [2.05, 4.69) is 14.9 Å². The summed E-state index contributed by atoms with van der Waals surface area (Å²) in [7, 11) is 0. The Morgan fingerprint density at radius 2 is 1.88 bits per heavy atom. The Bertz CT molecular complexity index is 1290. The van der Waals surface area contributed by atoms with E-state index >= 15 is 4.39 Å². The number of anilines is 1. The highest BCUT2D eigenvalue weighted by Gasteiger charge is 2.48. The number of amidine groups is 1. The highest BCUT2D eigenvalue weighted by atomic mass is 19.1. The standard InChI is InChI=1S/C24H20F2N4O3/c25-19-12-15(30-6-8-31-9-7-30)11-18-21(19)33-20-4-3-14(16-2-1-5-28-22(16)26)10-17(20)24(18)13-32-23(27)29-24/h1-5,10-12H,6-9,13H2,(H2,27,29)/t24-/m0/s1. The van der Waals surface area contributed by atoms with Crippen LogP contribution in [0.4, 0.5) is 14.5 Å². The van der Waals surface area contributed by atoms with Crippen LogP contribution in [0.2, 0.25) is 0 Å². The fraction of sp³-hybridized carbons (Fsp3) is 0.250.